The molecule has 0 bridgehead atoms. The van der Waals surface area contributed by atoms with E-state index < -0.39 is 15.8 Å². The molecule has 11 rings (SSSR count). The molecule has 2 atom stereocenters. The van der Waals surface area contributed by atoms with E-state index in [1.165, 1.54) is 59.8 Å². The van der Waals surface area contributed by atoms with E-state index in [-0.39, 0.29) is 44.8 Å². The summed E-state index contributed by atoms with van der Waals surface area (Å²) in [5.41, 5.74) is 9.78. The molecule has 1 nitrogen and oxygen atoms in total. The van der Waals surface area contributed by atoms with Crippen LogP contribution in [0.3, 0.4) is 0 Å². The van der Waals surface area contributed by atoms with Crippen LogP contribution in [0.15, 0.2) is 224 Å². The van der Waals surface area contributed by atoms with Gasteiger partial charge in [-0.05, 0) is 94.7 Å². The summed E-state index contributed by atoms with van der Waals surface area (Å²) in [6.45, 7) is 0. The van der Waals surface area contributed by atoms with Crippen molar-refractivity contribution in [3.05, 3.63) is 260 Å². The van der Waals surface area contributed by atoms with E-state index in [9.17, 15) is 0 Å². The second-order valence-electron chi connectivity index (χ2n) is 15.8. The number of hydrogen-bond acceptors (Lipinski definition) is 0. The van der Waals surface area contributed by atoms with E-state index in [0.717, 1.165) is 29.5 Å². The first-order valence-electron chi connectivity index (χ1n) is 21.5. The molecular formula is C60H47Au2NP2+2. The molecule has 1 aromatic heterocycles. The molecule has 65 heavy (non-hydrogen) atoms. The molecular weight excluding hydrogens is 1190 g/mol. The average molecular weight is 1240 g/mol. The van der Waals surface area contributed by atoms with Gasteiger partial charge in [0, 0.05) is 24.4 Å². The zero-order valence-corrected chi connectivity index (χ0v) is 42.2. The van der Waals surface area contributed by atoms with E-state index in [1.54, 1.807) is 5.30 Å². The van der Waals surface area contributed by atoms with E-state index in [4.69, 9.17) is 12.8 Å². The Morgan fingerprint density at radius 3 is 1.71 bits per heavy atom. The van der Waals surface area contributed by atoms with Crippen LogP contribution in [-0.4, -0.2) is 10.2 Å². The number of allylic oxidation sites excluding steroid dienone is 4. The number of fused-ring (bicyclic) bond motifs is 6. The predicted molar refractivity (Wildman–Crippen MR) is 275 cm³/mol. The fraction of sp³-hybridized carbons (Fsp3) is 0.0667. The van der Waals surface area contributed by atoms with Gasteiger partial charge in [-0.25, -0.2) is 0 Å². The van der Waals surface area contributed by atoms with Crippen molar-refractivity contribution < 1.29 is 44.8 Å². The number of aryl methyl sites for hydroxylation is 1. The van der Waals surface area contributed by atoms with Crippen LogP contribution < -0.4 is 26.5 Å². The van der Waals surface area contributed by atoms with Gasteiger partial charge in [-0.2, -0.15) is 0 Å². The van der Waals surface area contributed by atoms with Gasteiger partial charge >= 0.3 is 44.8 Å². The molecule has 0 N–H and O–H groups in total. The molecule has 0 radical (unpaired) electrons. The number of aromatic nitrogens is 1. The predicted octanol–water partition coefficient (Wildman–Crippen LogP) is 11.7. The molecule has 2 aliphatic rings. The fourth-order valence-electron chi connectivity index (χ4n) is 9.22. The Hall–Kier alpha value is -5.50. The van der Waals surface area contributed by atoms with Gasteiger partial charge in [-0.1, -0.05) is 152 Å². The minimum Gasteiger partial charge on any atom is -0.366 e. The Morgan fingerprint density at radius 2 is 1.05 bits per heavy atom. The summed E-state index contributed by atoms with van der Waals surface area (Å²) in [6.07, 6.45) is 25.9. The third-order valence-corrected chi connectivity index (χ3v) is 18.3. The van der Waals surface area contributed by atoms with Gasteiger partial charge in [0.05, 0.1) is 18.9 Å². The van der Waals surface area contributed by atoms with Gasteiger partial charge in [0.1, 0.15) is 29.1 Å². The van der Waals surface area contributed by atoms with Gasteiger partial charge in [0.15, 0.2) is 0 Å². The standard InChI is InChI=1S/C30H26P2.C15H10N.C15H9.2Au/c1-5-15-25(16-6-1)31(26-17-7-2-8-18-26)29-23-13-14-24-30(29)32(27-19-9-3-10-20-27)28-21-11-4-12-22-28;1-3-11-7-6-9-13-12-8-4-5-10-14(12)16(2)15(11)13;1-2-11-7-5-9-14-13-8-4-3-6-12(13)10-15(11)14;;/h1-21,23-24,28H,22H2;4-10H,2H3;3-9H,10H2;;/q;2*-1;2*+1/p+2. The van der Waals surface area contributed by atoms with Crippen LogP contribution in [0.25, 0.3) is 32.9 Å². The summed E-state index contributed by atoms with van der Waals surface area (Å²) in [5.74, 6) is 5.01. The monoisotopic (exact) mass is 1240 g/mol. The van der Waals surface area contributed by atoms with Crippen LogP contribution in [0.4, 0.5) is 0 Å². The molecule has 0 fully saturated rings. The fourth-order valence-corrected chi connectivity index (χ4v) is 15.6. The number of para-hydroxylation sites is 2. The number of hydrogen-bond donors (Lipinski definition) is 0. The molecule has 2 aliphatic carbocycles. The quantitative estimate of drug-likeness (QED) is 0.0677. The molecule has 322 valence electrons. The summed E-state index contributed by atoms with van der Waals surface area (Å²) in [7, 11) is -0.0810. The molecule has 0 saturated carbocycles. The maximum Gasteiger partial charge on any atom is 1.00 e. The van der Waals surface area contributed by atoms with Crippen LogP contribution in [0.2, 0.25) is 0 Å². The van der Waals surface area contributed by atoms with Crippen molar-refractivity contribution in [3.8, 4) is 23.0 Å². The number of nitrogens with zero attached hydrogens (tertiary/aromatic N) is 1. The molecule has 8 aromatic carbocycles. The second-order valence-corrected chi connectivity index (χ2v) is 20.9. The molecule has 5 heteroatoms. The average Bonchev–Trinajstić information content (AvgIpc) is 3.89. The van der Waals surface area contributed by atoms with Crippen molar-refractivity contribution in [1.82, 2.24) is 4.57 Å². The van der Waals surface area contributed by atoms with E-state index in [0.29, 0.717) is 5.66 Å². The van der Waals surface area contributed by atoms with Crippen molar-refractivity contribution in [1.29, 1.82) is 0 Å². The molecule has 2 unspecified atom stereocenters. The zero-order chi connectivity index (χ0) is 43.0. The summed E-state index contributed by atoms with van der Waals surface area (Å²) in [4.78, 5) is 0. The number of rotatable bonds is 6. The van der Waals surface area contributed by atoms with Crippen molar-refractivity contribution in [2.45, 2.75) is 18.5 Å². The molecule has 9 aromatic rings. The van der Waals surface area contributed by atoms with Crippen molar-refractivity contribution in [3.63, 3.8) is 0 Å². The van der Waals surface area contributed by atoms with Crippen LogP contribution >= 0.6 is 15.8 Å². The van der Waals surface area contributed by atoms with Crippen LogP contribution in [0.1, 0.15) is 28.7 Å². The van der Waals surface area contributed by atoms with E-state index in [2.05, 4.69) is 205 Å². The van der Waals surface area contributed by atoms with Gasteiger partial charge in [0.2, 0.25) is 0 Å². The molecule has 1 heterocycles. The van der Waals surface area contributed by atoms with Gasteiger partial charge in [0.25, 0.3) is 0 Å². The van der Waals surface area contributed by atoms with Crippen LogP contribution in [0.5, 0.6) is 0 Å². The van der Waals surface area contributed by atoms with Crippen LogP contribution in [0, 0.1) is 24.7 Å². The smallest absolute Gasteiger partial charge is 0.366 e. The summed E-state index contributed by atoms with van der Waals surface area (Å²) in [6, 6.07) is 71.6. The topological polar surface area (TPSA) is 4.93 Å². The molecule has 0 saturated heterocycles. The maximum atomic E-state index is 7.33. The van der Waals surface area contributed by atoms with Gasteiger partial charge in [-0.3, -0.25) is 11.8 Å². The third-order valence-electron chi connectivity index (χ3n) is 12.1. The molecule has 0 amide bonds. The zero-order valence-electron chi connectivity index (χ0n) is 35.9. The molecule has 0 spiro atoms. The minimum atomic E-state index is -1.11. The van der Waals surface area contributed by atoms with Crippen molar-refractivity contribution in [2.24, 2.45) is 7.05 Å². The molecule has 0 aliphatic heterocycles. The maximum absolute atomic E-state index is 7.33. The Bertz CT molecular complexity index is 3140. The Kier molecular flexibility index (Phi) is 16.5. The first kappa shape index (κ1) is 47.5. The van der Waals surface area contributed by atoms with Gasteiger partial charge < -0.3 is 17.4 Å². The third kappa shape index (κ3) is 10.2. The largest absolute Gasteiger partial charge is 1.00 e. The van der Waals surface area contributed by atoms with E-state index in [1.807, 2.05) is 43.4 Å². The summed E-state index contributed by atoms with van der Waals surface area (Å²) in [5, 5.41) is 9.92. The minimum absolute atomic E-state index is 0. The second kappa shape index (κ2) is 22.6. The first-order valence-corrected chi connectivity index (χ1v) is 24.6. The van der Waals surface area contributed by atoms with Crippen LogP contribution in [-0.2, 0) is 58.2 Å². The Balaban J connectivity index is 0.000000160. The Morgan fingerprint density at radius 1 is 0.508 bits per heavy atom. The van der Waals surface area contributed by atoms with Crippen molar-refractivity contribution in [2.75, 3.05) is 0 Å². The van der Waals surface area contributed by atoms with Gasteiger partial charge in [-0.15, -0.1) is 28.8 Å². The first-order chi connectivity index (χ1) is 31.1. The van der Waals surface area contributed by atoms with Crippen molar-refractivity contribution >= 4 is 64.2 Å². The normalized spacial score (nSPS) is 13.3. The summed E-state index contributed by atoms with van der Waals surface area (Å²) >= 11 is 0. The SMILES string of the molecule is C1=CCC([PH+](c2ccccc2)c2ccccc2[PH+](c2ccccc2)c2ccccc2)C=C1.[Au+].[Au+].[C-]#Cc1cccc2c1Cc1ccccc1-2.[C-]#Cc1cccc2c3ccccc3n(C)c12. The summed E-state index contributed by atoms with van der Waals surface area (Å²) < 4.78 is 2.13. The van der Waals surface area contributed by atoms with E-state index >= 15 is 0 Å². The number of benzene rings is 8. The Labute approximate surface area is 418 Å².